The van der Waals surface area contributed by atoms with Gasteiger partial charge in [0.25, 0.3) is 0 Å². The second-order valence-electron chi connectivity index (χ2n) is 5.05. The van der Waals surface area contributed by atoms with Crippen LogP contribution in [0.4, 0.5) is 4.39 Å². The third kappa shape index (κ3) is 4.06. The minimum Gasteiger partial charge on any atom is -0.306 e. The quantitative estimate of drug-likeness (QED) is 0.718. The lowest BCUT2D eigenvalue weighted by atomic mass is 9.94. The van der Waals surface area contributed by atoms with Gasteiger partial charge in [-0.3, -0.25) is 0 Å². The van der Waals surface area contributed by atoms with Crippen molar-refractivity contribution in [1.82, 2.24) is 5.32 Å². The Morgan fingerprint density at radius 3 is 2.67 bits per heavy atom. The lowest BCUT2D eigenvalue weighted by Gasteiger charge is -2.23. The molecule has 2 aromatic carbocycles. The minimum absolute atomic E-state index is 0.0891. The predicted molar refractivity (Wildman–Crippen MR) is 90.4 cm³/mol. The molecule has 0 fully saturated rings. The van der Waals surface area contributed by atoms with E-state index in [0.717, 1.165) is 34.1 Å². The van der Waals surface area contributed by atoms with Crippen molar-refractivity contribution in [3.05, 3.63) is 68.4 Å². The van der Waals surface area contributed by atoms with Crippen LogP contribution in [0.25, 0.3) is 0 Å². The summed E-state index contributed by atoms with van der Waals surface area (Å²) in [6.07, 6.45) is 1.00. The zero-order valence-corrected chi connectivity index (χ0v) is 14.4. The van der Waals surface area contributed by atoms with E-state index in [9.17, 15) is 4.39 Å². The predicted octanol–water partition coefficient (Wildman–Crippen LogP) is 5.64. The van der Waals surface area contributed by atoms with Gasteiger partial charge in [0.1, 0.15) is 5.82 Å². The molecule has 2 rings (SSSR count). The molecule has 0 radical (unpaired) electrons. The molecule has 0 bridgehead atoms. The van der Waals surface area contributed by atoms with E-state index in [4.69, 9.17) is 11.6 Å². The minimum atomic E-state index is -0.225. The summed E-state index contributed by atoms with van der Waals surface area (Å²) in [6.45, 7) is 4.95. The lowest BCUT2D eigenvalue weighted by Crippen LogP contribution is -2.24. The Balaban J connectivity index is 2.52. The van der Waals surface area contributed by atoms with Crippen molar-refractivity contribution >= 4 is 27.5 Å². The van der Waals surface area contributed by atoms with Crippen LogP contribution < -0.4 is 5.32 Å². The molecule has 0 aromatic heterocycles. The molecule has 1 unspecified atom stereocenters. The summed E-state index contributed by atoms with van der Waals surface area (Å²) in [5.74, 6) is -0.225. The molecule has 1 nitrogen and oxygen atoms in total. The van der Waals surface area contributed by atoms with Gasteiger partial charge in [0.05, 0.1) is 6.04 Å². The molecular formula is C17H18BrClFN. The Labute approximate surface area is 138 Å². The van der Waals surface area contributed by atoms with Crippen molar-refractivity contribution in [3.8, 4) is 0 Å². The van der Waals surface area contributed by atoms with Crippen LogP contribution in [0.5, 0.6) is 0 Å². The first-order valence-corrected chi connectivity index (χ1v) is 8.14. The van der Waals surface area contributed by atoms with Gasteiger partial charge in [-0.25, -0.2) is 4.39 Å². The van der Waals surface area contributed by atoms with Crippen molar-refractivity contribution in [2.75, 3.05) is 6.54 Å². The van der Waals surface area contributed by atoms with Gasteiger partial charge in [0, 0.05) is 9.50 Å². The maximum Gasteiger partial charge on any atom is 0.123 e. The standard InChI is InChI=1S/C17H18BrClFN/c1-3-8-21-17(14-10-13(20)6-4-11(14)2)15-9-12(19)5-7-16(15)18/h4-7,9-10,17,21H,3,8H2,1-2H3. The molecule has 1 N–H and O–H groups in total. The van der Waals surface area contributed by atoms with Crippen LogP contribution in [0.2, 0.25) is 5.02 Å². The monoisotopic (exact) mass is 369 g/mol. The first-order valence-electron chi connectivity index (χ1n) is 6.97. The van der Waals surface area contributed by atoms with Crippen molar-refractivity contribution in [2.24, 2.45) is 0 Å². The number of aryl methyl sites for hydroxylation is 1. The Kier molecular flexibility index (Phi) is 5.80. The third-order valence-electron chi connectivity index (χ3n) is 3.42. The van der Waals surface area contributed by atoms with E-state index in [0.29, 0.717) is 5.02 Å². The fourth-order valence-electron chi connectivity index (χ4n) is 2.33. The fraction of sp³-hybridized carbons (Fsp3) is 0.294. The number of nitrogens with one attached hydrogen (secondary N) is 1. The second kappa shape index (κ2) is 7.39. The molecule has 0 saturated carbocycles. The van der Waals surface area contributed by atoms with Gasteiger partial charge in [-0.05, 0) is 66.9 Å². The topological polar surface area (TPSA) is 12.0 Å². The number of rotatable bonds is 5. The molecule has 1 atom stereocenters. The van der Waals surface area contributed by atoms with E-state index in [1.54, 1.807) is 6.07 Å². The molecule has 2 aromatic rings. The van der Waals surface area contributed by atoms with Crippen LogP contribution in [-0.4, -0.2) is 6.54 Å². The van der Waals surface area contributed by atoms with Gasteiger partial charge >= 0.3 is 0 Å². The Morgan fingerprint density at radius 1 is 1.19 bits per heavy atom. The molecule has 112 valence electrons. The van der Waals surface area contributed by atoms with Crippen LogP contribution in [0, 0.1) is 12.7 Å². The van der Waals surface area contributed by atoms with E-state index >= 15 is 0 Å². The highest BCUT2D eigenvalue weighted by Gasteiger charge is 2.19. The maximum absolute atomic E-state index is 13.7. The molecule has 0 aliphatic heterocycles. The van der Waals surface area contributed by atoms with Crippen molar-refractivity contribution in [1.29, 1.82) is 0 Å². The summed E-state index contributed by atoms with van der Waals surface area (Å²) in [7, 11) is 0. The number of benzene rings is 2. The van der Waals surface area contributed by atoms with Crippen LogP contribution in [0.15, 0.2) is 40.9 Å². The molecule has 0 amide bonds. The van der Waals surface area contributed by atoms with Gasteiger partial charge in [-0.15, -0.1) is 0 Å². The summed E-state index contributed by atoms with van der Waals surface area (Å²) >= 11 is 9.70. The Morgan fingerprint density at radius 2 is 1.95 bits per heavy atom. The number of halogens is 3. The SMILES string of the molecule is CCCNC(c1cc(F)ccc1C)c1cc(Cl)ccc1Br. The van der Waals surface area contributed by atoms with E-state index < -0.39 is 0 Å². The average Bonchev–Trinajstić information content (AvgIpc) is 2.46. The lowest BCUT2D eigenvalue weighted by molar-refractivity contribution is 0.581. The van der Waals surface area contributed by atoms with Crippen LogP contribution >= 0.6 is 27.5 Å². The number of hydrogen-bond acceptors (Lipinski definition) is 1. The summed E-state index contributed by atoms with van der Waals surface area (Å²) in [5, 5.41) is 4.15. The van der Waals surface area contributed by atoms with Crippen molar-refractivity contribution in [3.63, 3.8) is 0 Å². The molecule has 0 aliphatic rings. The summed E-state index contributed by atoms with van der Waals surface area (Å²) in [4.78, 5) is 0. The molecule has 0 aliphatic carbocycles. The van der Waals surface area contributed by atoms with Crippen LogP contribution in [0.3, 0.4) is 0 Å². The molecule has 0 spiro atoms. The summed E-state index contributed by atoms with van der Waals surface area (Å²) in [5.41, 5.74) is 3.01. The van der Waals surface area contributed by atoms with Gasteiger partial charge in [-0.2, -0.15) is 0 Å². The fourth-order valence-corrected chi connectivity index (χ4v) is 2.99. The molecular weight excluding hydrogens is 353 g/mol. The average molecular weight is 371 g/mol. The second-order valence-corrected chi connectivity index (χ2v) is 6.34. The first-order chi connectivity index (χ1) is 10.0. The van der Waals surface area contributed by atoms with Crippen molar-refractivity contribution in [2.45, 2.75) is 26.3 Å². The van der Waals surface area contributed by atoms with E-state index in [1.165, 1.54) is 6.07 Å². The van der Waals surface area contributed by atoms with E-state index in [2.05, 4.69) is 28.2 Å². The molecule has 4 heteroatoms. The molecule has 21 heavy (non-hydrogen) atoms. The van der Waals surface area contributed by atoms with Gasteiger partial charge in [-0.1, -0.05) is 40.5 Å². The van der Waals surface area contributed by atoms with E-state index in [-0.39, 0.29) is 11.9 Å². The first kappa shape index (κ1) is 16.5. The zero-order valence-electron chi connectivity index (χ0n) is 12.1. The third-order valence-corrected chi connectivity index (χ3v) is 4.38. The normalized spacial score (nSPS) is 12.4. The smallest absolute Gasteiger partial charge is 0.123 e. The van der Waals surface area contributed by atoms with Gasteiger partial charge < -0.3 is 5.32 Å². The maximum atomic E-state index is 13.7. The number of hydrogen-bond donors (Lipinski definition) is 1. The van der Waals surface area contributed by atoms with E-state index in [1.807, 2.05) is 31.2 Å². The van der Waals surface area contributed by atoms with Gasteiger partial charge in [0.15, 0.2) is 0 Å². The Hall–Kier alpha value is -0.900. The molecule has 0 heterocycles. The van der Waals surface area contributed by atoms with Crippen LogP contribution in [-0.2, 0) is 0 Å². The highest BCUT2D eigenvalue weighted by Crippen LogP contribution is 2.32. The Bertz CT molecular complexity index is 579. The zero-order chi connectivity index (χ0) is 15.4. The van der Waals surface area contributed by atoms with Crippen LogP contribution in [0.1, 0.15) is 36.1 Å². The highest BCUT2D eigenvalue weighted by molar-refractivity contribution is 9.10. The highest BCUT2D eigenvalue weighted by atomic mass is 79.9. The van der Waals surface area contributed by atoms with Crippen molar-refractivity contribution < 1.29 is 4.39 Å². The molecule has 0 saturated heterocycles. The summed E-state index contributed by atoms with van der Waals surface area (Å²) in [6, 6.07) is 10.5. The van der Waals surface area contributed by atoms with Gasteiger partial charge in [0.2, 0.25) is 0 Å². The largest absolute Gasteiger partial charge is 0.306 e. The summed E-state index contributed by atoms with van der Waals surface area (Å²) < 4.78 is 14.6.